The zero-order valence-corrected chi connectivity index (χ0v) is 31.5. The minimum Gasteiger partial charge on any atom is -0.466 e. The normalized spacial score (nSPS) is 12.8. The van der Waals surface area contributed by atoms with Crippen LogP contribution in [0.2, 0.25) is 0 Å². The predicted octanol–water partition coefficient (Wildman–Crippen LogP) is 10.1. The molecule has 0 aliphatic rings. The summed E-state index contributed by atoms with van der Waals surface area (Å²) in [4.78, 5) is 26.6. The summed E-state index contributed by atoms with van der Waals surface area (Å²) in [6.07, 6.45) is 29.4. The number of nitrogens with zero attached hydrogens (tertiary/aromatic N) is 1. The van der Waals surface area contributed by atoms with Gasteiger partial charge in [0.2, 0.25) is 0 Å². The van der Waals surface area contributed by atoms with E-state index in [0.717, 1.165) is 96.4 Å². The number of unbranched alkanes of at least 4 members (excludes halogenated alkanes) is 18. The largest absolute Gasteiger partial charge is 0.466 e. The van der Waals surface area contributed by atoms with Gasteiger partial charge in [-0.15, -0.1) is 0 Å². The fourth-order valence-electron chi connectivity index (χ4n) is 6.21. The summed E-state index contributed by atoms with van der Waals surface area (Å²) in [5, 5.41) is 20.0. The van der Waals surface area contributed by atoms with Crippen LogP contribution in [-0.2, 0) is 19.1 Å². The fraction of sp³-hybridized carbons (Fsp3) is 0.950. The van der Waals surface area contributed by atoms with Crippen molar-refractivity contribution in [2.75, 3.05) is 32.8 Å². The highest BCUT2D eigenvalue weighted by Crippen LogP contribution is 2.18. The summed E-state index contributed by atoms with van der Waals surface area (Å²) in [5.74, 6) is -0.123. The second kappa shape index (κ2) is 36.1. The van der Waals surface area contributed by atoms with E-state index in [9.17, 15) is 19.8 Å². The maximum Gasteiger partial charge on any atom is 0.306 e. The molecule has 0 aromatic rings. The van der Waals surface area contributed by atoms with Crippen LogP contribution in [0.1, 0.15) is 201 Å². The Morgan fingerprint density at radius 2 is 1.02 bits per heavy atom. The Morgan fingerprint density at radius 3 is 1.62 bits per heavy atom. The van der Waals surface area contributed by atoms with Crippen LogP contribution in [0.5, 0.6) is 0 Å². The second-order valence-electron chi connectivity index (χ2n) is 13.9. The number of esters is 2. The third kappa shape index (κ3) is 33.1. The number of carbonyl (C=O) groups excluding carboxylic acids is 2. The first-order valence-electron chi connectivity index (χ1n) is 20.3. The third-order valence-corrected chi connectivity index (χ3v) is 9.23. The number of hydrogen-bond acceptors (Lipinski definition) is 7. The molecule has 2 N–H and O–H groups in total. The number of ether oxygens (including phenoxy) is 2. The molecule has 0 saturated heterocycles. The summed E-state index contributed by atoms with van der Waals surface area (Å²) >= 11 is 0. The molecule has 0 bridgehead atoms. The Bertz CT molecular complexity index is 675. The van der Waals surface area contributed by atoms with Crippen LogP contribution in [-0.4, -0.2) is 72.1 Å². The smallest absolute Gasteiger partial charge is 0.306 e. The lowest BCUT2D eigenvalue weighted by molar-refractivity contribution is -0.150. The van der Waals surface area contributed by atoms with E-state index in [1.165, 1.54) is 70.6 Å². The lowest BCUT2D eigenvalue weighted by Gasteiger charge is -2.24. The first-order chi connectivity index (χ1) is 23.0. The monoisotopic (exact) mass is 670 g/mol. The SMILES string of the molecule is CCCCCCCCC(CCCCCCC)OC(=O)CCCCCCCN(CCO)CC(O)CCCCCC(=O)OCCCCCC. The minimum atomic E-state index is -0.417. The molecule has 0 aliphatic heterocycles. The molecule has 0 heterocycles. The van der Waals surface area contributed by atoms with Gasteiger partial charge in [0.25, 0.3) is 0 Å². The van der Waals surface area contributed by atoms with Crippen molar-refractivity contribution in [3.63, 3.8) is 0 Å². The van der Waals surface area contributed by atoms with Crippen molar-refractivity contribution in [3.05, 3.63) is 0 Å². The Hall–Kier alpha value is -1.18. The van der Waals surface area contributed by atoms with Gasteiger partial charge in [0, 0.05) is 25.9 Å². The van der Waals surface area contributed by atoms with Crippen molar-refractivity contribution in [1.82, 2.24) is 4.90 Å². The van der Waals surface area contributed by atoms with Gasteiger partial charge < -0.3 is 19.7 Å². The highest BCUT2D eigenvalue weighted by atomic mass is 16.5. The van der Waals surface area contributed by atoms with Crippen molar-refractivity contribution in [2.24, 2.45) is 0 Å². The van der Waals surface area contributed by atoms with E-state index in [1.807, 2.05) is 0 Å². The highest BCUT2D eigenvalue weighted by molar-refractivity contribution is 5.69. The van der Waals surface area contributed by atoms with Gasteiger partial charge in [0.1, 0.15) is 6.10 Å². The summed E-state index contributed by atoms with van der Waals surface area (Å²) in [6, 6.07) is 0. The second-order valence-corrected chi connectivity index (χ2v) is 13.9. The maximum atomic E-state index is 12.6. The van der Waals surface area contributed by atoms with Crippen LogP contribution in [0.25, 0.3) is 0 Å². The average molecular weight is 670 g/mol. The standard InChI is InChI=1S/C40H79NO6/c1-4-7-10-13-16-22-29-38(28-21-15-11-8-5-2)47-40(45)31-23-17-14-18-25-32-41(33-34-42)36-37(43)27-20-19-24-30-39(44)46-35-26-12-9-6-3/h37-38,42-43H,4-36H2,1-3H3. The first kappa shape index (κ1) is 45.8. The van der Waals surface area contributed by atoms with E-state index < -0.39 is 6.10 Å². The number of hydrogen-bond donors (Lipinski definition) is 2. The van der Waals surface area contributed by atoms with Crippen LogP contribution >= 0.6 is 0 Å². The van der Waals surface area contributed by atoms with Crippen LogP contribution in [0.15, 0.2) is 0 Å². The molecule has 0 saturated carbocycles. The topological polar surface area (TPSA) is 96.3 Å². The molecule has 0 spiro atoms. The van der Waals surface area contributed by atoms with Crippen molar-refractivity contribution < 1.29 is 29.3 Å². The van der Waals surface area contributed by atoms with Crippen molar-refractivity contribution in [3.8, 4) is 0 Å². The Balaban J connectivity index is 4.07. The molecule has 0 aliphatic carbocycles. The molecule has 0 rings (SSSR count). The van der Waals surface area contributed by atoms with Crippen molar-refractivity contribution in [2.45, 2.75) is 213 Å². The van der Waals surface area contributed by atoms with Gasteiger partial charge >= 0.3 is 11.9 Å². The Morgan fingerprint density at radius 1 is 0.553 bits per heavy atom. The number of carbonyl (C=O) groups is 2. The Kier molecular flexibility index (Phi) is 35.2. The minimum absolute atomic E-state index is 0.0182. The van der Waals surface area contributed by atoms with Gasteiger partial charge in [-0.3, -0.25) is 14.5 Å². The number of aliphatic hydroxyl groups is 2. The van der Waals surface area contributed by atoms with Crippen LogP contribution in [0.3, 0.4) is 0 Å². The molecule has 0 radical (unpaired) electrons. The molecule has 7 heteroatoms. The quantitative estimate of drug-likeness (QED) is 0.0502. The average Bonchev–Trinajstić information content (AvgIpc) is 3.05. The molecule has 7 nitrogen and oxygen atoms in total. The summed E-state index contributed by atoms with van der Waals surface area (Å²) < 4.78 is 11.3. The molecule has 0 aromatic carbocycles. The van der Waals surface area contributed by atoms with E-state index in [2.05, 4.69) is 25.7 Å². The summed E-state index contributed by atoms with van der Waals surface area (Å²) in [5.41, 5.74) is 0. The lowest BCUT2D eigenvalue weighted by atomic mass is 10.0. The fourth-order valence-corrected chi connectivity index (χ4v) is 6.21. The molecule has 0 amide bonds. The number of rotatable bonds is 37. The van der Waals surface area contributed by atoms with E-state index in [0.29, 0.717) is 39.0 Å². The van der Waals surface area contributed by atoms with Gasteiger partial charge in [-0.05, 0) is 64.3 Å². The molecule has 2 atom stereocenters. The first-order valence-corrected chi connectivity index (χ1v) is 20.3. The van der Waals surface area contributed by atoms with E-state index >= 15 is 0 Å². The summed E-state index contributed by atoms with van der Waals surface area (Å²) in [6.45, 7) is 9.30. The van der Waals surface area contributed by atoms with Gasteiger partial charge in [0.05, 0.1) is 19.3 Å². The molecule has 0 aromatic heterocycles. The van der Waals surface area contributed by atoms with Gasteiger partial charge in [-0.1, -0.05) is 130 Å². The van der Waals surface area contributed by atoms with E-state index in [4.69, 9.17) is 9.47 Å². The van der Waals surface area contributed by atoms with Crippen molar-refractivity contribution >= 4 is 11.9 Å². The maximum absolute atomic E-state index is 12.6. The van der Waals surface area contributed by atoms with E-state index in [1.54, 1.807) is 0 Å². The van der Waals surface area contributed by atoms with Crippen molar-refractivity contribution in [1.29, 1.82) is 0 Å². The molecule has 2 unspecified atom stereocenters. The summed E-state index contributed by atoms with van der Waals surface area (Å²) in [7, 11) is 0. The van der Waals surface area contributed by atoms with Crippen LogP contribution < -0.4 is 0 Å². The van der Waals surface area contributed by atoms with Gasteiger partial charge in [-0.25, -0.2) is 0 Å². The highest BCUT2D eigenvalue weighted by Gasteiger charge is 2.15. The Labute approximate surface area is 291 Å². The molecule has 280 valence electrons. The molecule has 47 heavy (non-hydrogen) atoms. The molecular weight excluding hydrogens is 590 g/mol. The van der Waals surface area contributed by atoms with Gasteiger partial charge in [0.15, 0.2) is 0 Å². The van der Waals surface area contributed by atoms with Crippen LogP contribution in [0.4, 0.5) is 0 Å². The molecular formula is C40H79NO6. The van der Waals surface area contributed by atoms with Gasteiger partial charge in [-0.2, -0.15) is 0 Å². The molecule has 0 fully saturated rings. The van der Waals surface area contributed by atoms with E-state index in [-0.39, 0.29) is 24.6 Å². The number of aliphatic hydroxyl groups excluding tert-OH is 2. The predicted molar refractivity (Wildman–Crippen MR) is 197 cm³/mol. The third-order valence-electron chi connectivity index (χ3n) is 9.23. The van der Waals surface area contributed by atoms with Crippen LogP contribution in [0, 0.1) is 0 Å². The zero-order valence-electron chi connectivity index (χ0n) is 31.5. The lowest BCUT2D eigenvalue weighted by Crippen LogP contribution is -2.35. The zero-order chi connectivity index (χ0) is 34.6.